The molecule has 8 atom stereocenters. The lowest BCUT2D eigenvalue weighted by atomic mass is 10.0. The van der Waals surface area contributed by atoms with Crippen molar-refractivity contribution in [1.82, 2.24) is 42.1 Å². The van der Waals surface area contributed by atoms with E-state index in [0.717, 1.165) is 0 Å². The van der Waals surface area contributed by atoms with Crippen molar-refractivity contribution in [2.75, 3.05) is 45.8 Å². The molecular formula is C46H77ClN16O11. The number of halogens is 1. The summed E-state index contributed by atoms with van der Waals surface area (Å²) in [5.74, 6) is -8.02. The number of hydrogen-bond donors (Lipinski definition) is 16. The fourth-order valence-corrected chi connectivity index (χ4v) is 7.83. The van der Waals surface area contributed by atoms with Crippen LogP contribution in [0.25, 0.3) is 0 Å². The minimum absolute atomic E-state index is 0.0384. The Hall–Kier alpha value is -6.49. The molecule has 23 N–H and O–H groups in total. The highest BCUT2D eigenvalue weighted by atomic mass is 35.5. The molecular weight excluding hydrogens is 988 g/mol. The molecule has 27 nitrogen and oxygen atoms in total. The molecule has 0 bridgehead atoms. The number of rotatable bonds is 34. The minimum atomic E-state index is -1.57. The third-order valence-electron chi connectivity index (χ3n) is 11.7. The zero-order chi connectivity index (χ0) is 55.3. The van der Waals surface area contributed by atoms with E-state index < -0.39 is 120 Å². The fourth-order valence-electron chi connectivity index (χ4n) is 7.61. The topological polar surface area (TPSA) is 476 Å². The number of aliphatic hydroxyl groups excluding tert-OH is 1. The Morgan fingerprint density at radius 2 is 1.46 bits per heavy atom. The monoisotopic (exact) mass is 1060 g/mol. The maximum absolute atomic E-state index is 14.2. The van der Waals surface area contributed by atoms with Crippen LogP contribution >= 0.6 is 11.6 Å². The number of likely N-dealkylation sites (tertiary alicyclic amines) is 1. The van der Waals surface area contributed by atoms with Gasteiger partial charge in [0, 0.05) is 31.1 Å². The maximum Gasteiger partial charge on any atom is 0.352 e. The average Bonchev–Trinajstić information content (AvgIpc) is 3.86. The van der Waals surface area contributed by atoms with Gasteiger partial charge in [0.2, 0.25) is 47.3 Å². The number of aliphatic imine (C=N–C) groups is 1. The minimum Gasteiger partial charge on any atom is -0.477 e. The van der Waals surface area contributed by atoms with Gasteiger partial charge >= 0.3 is 5.97 Å². The molecule has 1 heterocycles. The van der Waals surface area contributed by atoms with E-state index in [0.29, 0.717) is 49.2 Å². The summed E-state index contributed by atoms with van der Waals surface area (Å²) in [7, 11) is 0. The number of guanidine groups is 1. The first-order chi connectivity index (χ1) is 35.2. The van der Waals surface area contributed by atoms with Crippen LogP contribution in [0.2, 0.25) is 5.02 Å². The molecule has 74 heavy (non-hydrogen) atoms. The average molecular weight is 1070 g/mol. The van der Waals surface area contributed by atoms with Gasteiger partial charge in [0.1, 0.15) is 41.9 Å². The Morgan fingerprint density at radius 3 is 2.08 bits per heavy atom. The molecule has 1 fully saturated rings. The van der Waals surface area contributed by atoms with E-state index >= 15 is 0 Å². The van der Waals surface area contributed by atoms with E-state index in [1.165, 1.54) is 17.9 Å². The Balaban J connectivity index is 2.25. The van der Waals surface area contributed by atoms with E-state index in [4.69, 9.17) is 51.7 Å². The summed E-state index contributed by atoms with van der Waals surface area (Å²) < 4.78 is 0. The first kappa shape index (κ1) is 63.6. The lowest BCUT2D eigenvalue weighted by Gasteiger charge is -2.30. The third kappa shape index (κ3) is 22.7. The third-order valence-corrected chi connectivity index (χ3v) is 11.9. The lowest BCUT2D eigenvalue weighted by molar-refractivity contribution is -0.142. The molecule has 2 rings (SSSR count). The Bertz CT molecular complexity index is 2110. The molecule has 1 aliphatic rings. The number of amides is 8. The van der Waals surface area contributed by atoms with Crippen LogP contribution < -0.4 is 77.4 Å². The summed E-state index contributed by atoms with van der Waals surface area (Å²) in [5.41, 5.74) is 39.2. The smallest absolute Gasteiger partial charge is 0.352 e. The zero-order valence-corrected chi connectivity index (χ0v) is 42.6. The number of benzene rings is 1. The number of hydrogen-bond acceptors (Lipinski definition) is 16. The SMILES string of the molecule is CC(NC(=O)[C@@H](NC(=O)C(N)CCCCN)[C@@H](O)CN)C(=O)NCC(=O)N[C@H](CCCN)C(=O)N1CCC[C@H]1C(=O)NC(Cc1cccc(Cl)c1)C(=O)N[C@@H](CCCCN)C(=O)N/C(=C\CCN=C(N)N)C(=O)O. The van der Waals surface area contributed by atoms with Gasteiger partial charge in [0.15, 0.2) is 5.96 Å². The highest BCUT2D eigenvalue weighted by Gasteiger charge is 2.39. The molecule has 0 saturated carbocycles. The van der Waals surface area contributed by atoms with Gasteiger partial charge in [0.25, 0.3) is 0 Å². The van der Waals surface area contributed by atoms with Crippen LogP contribution in [0.3, 0.4) is 0 Å². The number of aliphatic carboxylic acids is 1. The van der Waals surface area contributed by atoms with E-state index in [1.807, 2.05) is 0 Å². The van der Waals surface area contributed by atoms with Crippen LogP contribution in [0.15, 0.2) is 41.0 Å². The second kappa shape index (κ2) is 34.1. The zero-order valence-electron chi connectivity index (χ0n) is 41.8. The van der Waals surface area contributed by atoms with E-state index in [9.17, 15) is 53.4 Å². The molecule has 0 radical (unpaired) electrons. The maximum atomic E-state index is 14.2. The van der Waals surface area contributed by atoms with Gasteiger partial charge < -0.3 is 92.5 Å². The van der Waals surface area contributed by atoms with Crippen molar-refractivity contribution in [2.45, 2.75) is 132 Å². The van der Waals surface area contributed by atoms with Gasteiger partial charge in [-0.25, -0.2) is 4.79 Å². The summed E-state index contributed by atoms with van der Waals surface area (Å²) in [6, 6.07) is -2.35. The largest absolute Gasteiger partial charge is 0.477 e. The molecule has 28 heteroatoms. The van der Waals surface area contributed by atoms with E-state index in [1.54, 1.807) is 24.3 Å². The Kier molecular flexibility index (Phi) is 29.3. The number of carbonyl (C=O) groups excluding carboxylic acids is 8. The van der Waals surface area contributed by atoms with Crippen LogP contribution in [0, 0.1) is 0 Å². The first-order valence-corrected chi connectivity index (χ1v) is 24.9. The van der Waals surface area contributed by atoms with Crippen molar-refractivity contribution in [3.05, 3.63) is 46.6 Å². The molecule has 1 aromatic carbocycles. The van der Waals surface area contributed by atoms with Crippen LogP contribution in [-0.4, -0.2) is 169 Å². The second-order valence-electron chi connectivity index (χ2n) is 17.6. The summed E-state index contributed by atoms with van der Waals surface area (Å²) in [4.78, 5) is 125. The molecule has 1 aliphatic heterocycles. The molecule has 1 aromatic rings. The van der Waals surface area contributed by atoms with Crippen molar-refractivity contribution in [3.63, 3.8) is 0 Å². The number of carbonyl (C=O) groups is 9. The van der Waals surface area contributed by atoms with Gasteiger partial charge in [-0.3, -0.25) is 43.3 Å². The molecule has 1 saturated heterocycles. The highest BCUT2D eigenvalue weighted by molar-refractivity contribution is 6.30. The molecule has 0 aromatic heterocycles. The first-order valence-electron chi connectivity index (χ1n) is 24.5. The molecule has 414 valence electrons. The van der Waals surface area contributed by atoms with Crippen LogP contribution in [0.5, 0.6) is 0 Å². The number of nitrogens with two attached hydrogens (primary N) is 7. The van der Waals surface area contributed by atoms with Crippen molar-refractivity contribution in [3.8, 4) is 0 Å². The quantitative estimate of drug-likeness (QED) is 0.0133. The van der Waals surface area contributed by atoms with Gasteiger partial charge in [-0.2, -0.15) is 0 Å². The van der Waals surface area contributed by atoms with E-state index in [-0.39, 0.29) is 77.1 Å². The van der Waals surface area contributed by atoms with Crippen molar-refractivity contribution in [2.24, 2.45) is 45.1 Å². The summed E-state index contributed by atoms with van der Waals surface area (Å²) in [6.45, 7) is 1.16. The molecule has 0 aliphatic carbocycles. The van der Waals surface area contributed by atoms with Gasteiger partial charge in [-0.15, -0.1) is 0 Å². The van der Waals surface area contributed by atoms with Crippen molar-refractivity contribution in [1.29, 1.82) is 0 Å². The molecule has 0 spiro atoms. The number of nitrogens with zero attached hydrogens (tertiary/aromatic N) is 2. The van der Waals surface area contributed by atoms with Crippen molar-refractivity contribution >= 4 is 70.8 Å². The standard InChI is InChI=1S/C46H77ClN16O11/c1-26(57-43(71)37(35(64)24-51)62-39(67)29(52)12-2-4-17-48)38(66)56-25-36(65)58-31(14-7-19-50)44(72)63-21-9-16-34(63)42(70)61-33(23-27-10-6-11-28(47)22-27)41(69)59-30(13-3-5-18-49)40(68)60-32(45(73)74)15-8-20-55-46(53)54/h6,10-11,15,22,26,29-31,33-35,37,64H,2-5,7-9,12-14,16-21,23-25,48-52H2,1H3,(H,56,66)(H,57,71)(H,58,65)(H,59,69)(H,60,68)(H,61,70)(H,62,67)(H,73,74)(H4,53,54,55)/b32-15-/t26?,29?,30-,31+,33?,34-,35-,37-/m0/s1. The Labute approximate surface area is 435 Å². The van der Waals surface area contributed by atoms with Crippen LogP contribution in [0.4, 0.5) is 0 Å². The fraction of sp³-hybridized carbons (Fsp3) is 0.609. The van der Waals surface area contributed by atoms with Crippen LogP contribution in [0.1, 0.15) is 83.1 Å². The second-order valence-corrected chi connectivity index (χ2v) is 18.1. The Morgan fingerprint density at radius 1 is 0.797 bits per heavy atom. The predicted octanol–water partition coefficient (Wildman–Crippen LogP) is -5.17. The van der Waals surface area contributed by atoms with Crippen LogP contribution in [-0.2, 0) is 49.6 Å². The predicted molar refractivity (Wildman–Crippen MR) is 275 cm³/mol. The number of carboxylic acid groups (broad SMARTS) is 1. The normalized spacial score (nSPS) is 16.2. The number of carboxylic acids is 1. The van der Waals surface area contributed by atoms with Crippen molar-refractivity contribution < 1.29 is 53.4 Å². The van der Waals surface area contributed by atoms with Gasteiger partial charge in [-0.05, 0) is 108 Å². The van der Waals surface area contributed by atoms with Gasteiger partial charge in [0.05, 0.1) is 18.7 Å². The van der Waals surface area contributed by atoms with Gasteiger partial charge in [-0.1, -0.05) is 36.2 Å². The number of unbranched alkanes of at least 4 members (excludes halogenated alkanes) is 2. The molecule has 3 unspecified atom stereocenters. The highest BCUT2D eigenvalue weighted by Crippen LogP contribution is 2.21. The molecule has 8 amide bonds. The summed E-state index contributed by atoms with van der Waals surface area (Å²) >= 11 is 6.26. The number of nitrogens with one attached hydrogen (secondary N) is 7. The lowest BCUT2D eigenvalue weighted by Crippen LogP contribution is -2.60. The summed E-state index contributed by atoms with van der Waals surface area (Å²) in [6.07, 6.45) is 2.77. The summed E-state index contributed by atoms with van der Waals surface area (Å²) in [5, 5.41) is 38.0. The number of aliphatic hydroxyl groups is 1. The van der Waals surface area contributed by atoms with E-state index in [2.05, 4.69) is 42.2 Å².